The quantitative estimate of drug-likeness (QED) is 0.500. The summed E-state index contributed by atoms with van der Waals surface area (Å²) in [6, 6.07) is 0. The molecule has 0 aliphatic heterocycles. The zero-order valence-corrected chi connectivity index (χ0v) is 10.5. The molecule has 1 aromatic heterocycles. The first-order valence-electron chi connectivity index (χ1n) is 4.75. The van der Waals surface area contributed by atoms with Crippen molar-refractivity contribution in [1.29, 1.82) is 0 Å². The van der Waals surface area contributed by atoms with Gasteiger partial charge in [-0.25, -0.2) is 9.78 Å². The van der Waals surface area contributed by atoms with Gasteiger partial charge in [-0.05, 0) is 13.8 Å². The van der Waals surface area contributed by atoms with Crippen molar-refractivity contribution in [3.05, 3.63) is 11.1 Å². The topological polar surface area (TPSA) is 141 Å². The molecule has 9 heteroatoms. The first-order valence-corrected chi connectivity index (χ1v) is 5.56. The number of carboxylic acids is 1. The van der Waals surface area contributed by atoms with E-state index < -0.39 is 17.5 Å². The van der Waals surface area contributed by atoms with Crippen LogP contribution in [0, 0.1) is 0 Å². The van der Waals surface area contributed by atoms with Crippen LogP contribution in [0.2, 0.25) is 0 Å². The van der Waals surface area contributed by atoms with Crippen molar-refractivity contribution >= 4 is 34.1 Å². The van der Waals surface area contributed by atoms with Crippen molar-refractivity contribution in [2.75, 3.05) is 5.73 Å². The van der Waals surface area contributed by atoms with Gasteiger partial charge in [-0.3, -0.25) is 4.79 Å². The van der Waals surface area contributed by atoms with E-state index >= 15 is 0 Å². The molecule has 1 rings (SSSR count). The molecule has 0 fully saturated rings. The minimum atomic E-state index is -1.57. The van der Waals surface area contributed by atoms with Crippen molar-refractivity contribution in [2.45, 2.75) is 19.4 Å². The summed E-state index contributed by atoms with van der Waals surface area (Å²) in [5, 5.41) is 12.5. The summed E-state index contributed by atoms with van der Waals surface area (Å²) in [7, 11) is 0. The van der Waals surface area contributed by atoms with Gasteiger partial charge in [0.05, 0.1) is 4.88 Å². The number of anilines is 1. The van der Waals surface area contributed by atoms with Crippen LogP contribution in [0.3, 0.4) is 0 Å². The maximum atomic E-state index is 11.2. The number of hydrogen-bond acceptors (Lipinski definition) is 7. The molecule has 0 spiro atoms. The third kappa shape index (κ3) is 3.17. The standard InChI is InChI=1S/C9H12N4O4S/c1-9(2,7(15)16)17-13-5(6(10)14)4-3-12-8(11)18-4/h3H,1-2H3,(H2,10,14)(H2,11,12)(H,15,16)/b13-5-. The number of oxime groups is 1. The van der Waals surface area contributed by atoms with Crippen LogP contribution in [-0.4, -0.2) is 33.3 Å². The lowest BCUT2D eigenvalue weighted by atomic mass is 10.1. The molecule has 1 heterocycles. The third-order valence-corrected chi connectivity index (χ3v) is 2.70. The highest BCUT2D eigenvalue weighted by molar-refractivity contribution is 7.18. The van der Waals surface area contributed by atoms with Gasteiger partial charge in [-0.1, -0.05) is 16.5 Å². The third-order valence-electron chi connectivity index (χ3n) is 1.87. The molecule has 8 nitrogen and oxygen atoms in total. The van der Waals surface area contributed by atoms with Crippen LogP contribution in [0.4, 0.5) is 5.13 Å². The van der Waals surface area contributed by atoms with Gasteiger partial charge in [0.2, 0.25) is 5.60 Å². The van der Waals surface area contributed by atoms with Crippen molar-refractivity contribution in [3.63, 3.8) is 0 Å². The Hall–Kier alpha value is -2.16. The lowest BCUT2D eigenvalue weighted by molar-refractivity contribution is -0.161. The van der Waals surface area contributed by atoms with Crippen LogP contribution < -0.4 is 11.5 Å². The van der Waals surface area contributed by atoms with E-state index in [-0.39, 0.29) is 10.8 Å². The Balaban J connectivity index is 3.01. The van der Waals surface area contributed by atoms with Crippen LogP contribution in [-0.2, 0) is 14.4 Å². The number of carboxylic acid groups (broad SMARTS) is 1. The fourth-order valence-corrected chi connectivity index (χ4v) is 1.48. The van der Waals surface area contributed by atoms with Gasteiger partial charge in [0.1, 0.15) is 0 Å². The van der Waals surface area contributed by atoms with Gasteiger partial charge in [-0.2, -0.15) is 0 Å². The summed E-state index contributed by atoms with van der Waals surface area (Å²) >= 11 is 0.991. The number of amides is 1. The largest absolute Gasteiger partial charge is 0.478 e. The molecule has 0 bridgehead atoms. The molecule has 0 saturated heterocycles. The van der Waals surface area contributed by atoms with Crippen molar-refractivity contribution in [1.82, 2.24) is 4.98 Å². The zero-order chi connectivity index (χ0) is 13.9. The SMILES string of the molecule is CC(C)(O/N=C(\C(N)=O)c1cnc(N)s1)C(=O)O. The van der Waals surface area contributed by atoms with Crippen LogP contribution in [0.5, 0.6) is 0 Å². The fourth-order valence-electron chi connectivity index (χ4n) is 0.807. The summed E-state index contributed by atoms with van der Waals surface area (Å²) in [4.78, 5) is 30.8. The molecule has 0 atom stereocenters. The average Bonchev–Trinajstić information content (AvgIpc) is 2.64. The van der Waals surface area contributed by atoms with Gasteiger partial charge in [-0.15, -0.1) is 0 Å². The Morgan fingerprint density at radius 3 is 2.56 bits per heavy atom. The molecule has 18 heavy (non-hydrogen) atoms. The number of carbonyl (C=O) groups is 2. The second-order valence-corrected chi connectivity index (χ2v) is 4.84. The Labute approximate surface area is 106 Å². The number of hydrogen-bond donors (Lipinski definition) is 3. The molecule has 0 unspecified atom stereocenters. The number of aliphatic carboxylic acids is 1. The highest BCUT2D eigenvalue weighted by atomic mass is 32.1. The van der Waals surface area contributed by atoms with Gasteiger partial charge < -0.3 is 21.4 Å². The molecule has 0 saturated carbocycles. The lowest BCUT2D eigenvalue weighted by Crippen LogP contribution is -2.34. The fraction of sp³-hybridized carbons (Fsp3) is 0.333. The molecule has 98 valence electrons. The number of aromatic nitrogens is 1. The maximum absolute atomic E-state index is 11.2. The average molecular weight is 272 g/mol. The number of nitrogen functional groups attached to an aromatic ring is 1. The Morgan fingerprint density at radius 1 is 1.56 bits per heavy atom. The van der Waals surface area contributed by atoms with E-state index in [0.29, 0.717) is 4.88 Å². The number of nitrogens with two attached hydrogens (primary N) is 2. The molecular formula is C9H12N4O4S. The molecule has 0 aliphatic carbocycles. The highest BCUT2D eigenvalue weighted by Crippen LogP contribution is 2.17. The van der Waals surface area contributed by atoms with Crippen LogP contribution in [0.15, 0.2) is 11.4 Å². The van der Waals surface area contributed by atoms with Crippen molar-refractivity contribution in [2.24, 2.45) is 10.9 Å². The molecule has 0 radical (unpaired) electrons. The van der Waals surface area contributed by atoms with Crippen molar-refractivity contribution < 1.29 is 19.5 Å². The number of rotatable bonds is 5. The summed E-state index contributed by atoms with van der Waals surface area (Å²) in [5.74, 6) is -2.08. The molecule has 1 aromatic rings. The number of carbonyl (C=O) groups excluding carboxylic acids is 1. The summed E-state index contributed by atoms with van der Waals surface area (Å²) < 4.78 is 0. The van der Waals surface area contributed by atoms with Crippen molar-refractivity contribution in [3.8, 4) is 0 Å². The number of thiazole rings is 1. The van der Waals surface area contributed by atoms with Gasteiger partial charge >= 0.3 is 5.97 Å². The summed E-state index contributed by atoms with van der Waals surface area (Å²) in [5.41, 5.74) is 8.74. The molecule has 5 N–H and O–H groups in total. The van der Waals surface area contributed by atoms with E-state index in [2.05, 4.69) is 10.1 Å². The van der Waals surface area contributed by atoms with E-state index in [1.807, 2.05) is 0 Å². The molecule has 1 amide bonds. The van der Waals surface area contributed by atoms with Gasteiger partial charge in [0, 0.05) is 6.20 Å². The Bertz CT molecular complexity index is 508. The van der Waals surface area contributed by atoms with Gasteiger partial charge in [0.25, 0.3) is 5.91 Å². The second kappa shape index (κ2) is 5.00. The van der Waals surface area contributed by atoms with Gasteiger partial charge in [0.15, 0.2) is 10.8 Å². The van der Waals surface area contributed by atoms with Crippen LogP contribution >= 0.6 is 11.3 Å². The molecular weight excluding hydrogens is 260 g/mol. The van der Waals surface area contributed by atoms with E-state index in [1.54, 1.807) is 0 Å². The Morgan fingerprint density at radius 2 is 2.17 bits per heavy atom. The van der Waals surface area contributed by atoms with E-state index in [0.717, 1.165) is 11.3 Å². The second-order valence-electron chi connectivity index (χ2n) is 3.77. The first kappa shape index (κ1) is 13.9. The molecule has 0 aliphatic rings. The lowest BCUT2D eigenvalue weighted by Gasteiger charge is -2.16. The number of nitrogens with zero attached hydrogens (tertiary/aromatic N) is 2. The van der Waals surface area contributed by atoms with Crippen LogP contribution in [0.1, 0.15) is 18.7 Å². The number of primary amides is 1. The zero-order valence-electron chi connectivity index (χ0n) is 9.71. The minimum absolute atomic E-state index is 0.224. The monoisotopic (exact) mass is 272 g/mol. The highest BCUT2D eigenvalue weighted by Gasteiger charge is 2.30. The predicted octanol–water partition coefficient (Wildman–Crippen LogP) is -0.206. The van der Waals surface area contributed by atoms with E-state index in [4.69, 9.17) is 21.4 Å². The Kier molecular flexibility index (Phi) is 3.86. The maximum Gasteiger partial charge on any atom is 0.350 e. The van der Waals surface area contributed by atoms with E-state index in [1.165, 1.54) is 20.0 Å². The summed E-state index contributed by atoms with van der Waals surface area (Å²) in [6.07, 6.45) is 1.31. The first-order chi connectivity index (χ1) is 8.24. The predicted molar refractivity (Wildman–Crippen MR) is 65.1 cm³/mol. The minimum Gasteiger partial charge on any atom is -0.478 e. The summed E-state index contributed by atoms with van der Waals surface area (Å²) in [6.45, 7) is 2.58. The van der Waals surface area contributed by atoms with E-state index in [9.17, 15) is 9.59 Å². The smallest absolute Gasteiger partial charge is 0.350 e. The van der Waals surface area contributed by atoms with Crippen LogP contribution in [0.25, 0.3) is 0 Å². The molecule has 0 aromatic carbocycles. The normalized spacial score (nSPS) is 12.2.